The number of anilines is 1. The zero-order valence-corrected chi connectivity index (χ0v) is 14.4. The SMILES string of the molecule is CCCO[C@@](C)(Nc1ccc(Cl)cc1)C(=O)O.O=P(O)(O)Cl. The third kappa shape index (κ3) is 10.00. The summed E-state index contributed by atoms with van der Waals surface area (Å²) in [5.41, 5.74) is -0.778. The van der Waals surface area contributed by atoms with Crippen molar-refractivity contribution in [1.29, 1.82) is 0 Å². The first-order chi connectivity index (χ1) is 9.98. The third-order valence-corrected chi connectivity index (χ3v) is 2.48. The fourth-order valence-electron chi connectivity index (χ4n) is 1.27. The number of carbonyl (C=O) groups is 1. The van der Waals surface area contributed by atoms with Crippen LogP contribution in [0, 0.1) is 0 Å². The molecule has 0 radical (unpaired) electrons. The Hall–Kier alpha value is -0.820. The first-order valence-electron chi connectivity index (χ1n) is 6.14. The molecule has 1 atom stereocenters. The van der Waals surface area contributed by atoms with Gasteiger partial charge >= 0.3 is 12.9 Å². The van der Waals surface area contributed by atoms with Crippen LogP contribution in [0.1, 0.15) is 20.3 Å². The molecule has 22 heavy (non-hydrogen) atoms. The summed E-state index contributed by atoms with van der Waals surface area (Å²) in [5.74, 6) is -1.05. The summed E-state index contributed by atoms with van der Waals surface area (Å²) in [6.45, 7) is -0.381. The van der Waals surface area contributed by atoms with Gasteiger partial charge < -0.3 is 24.9 Å². The Labute approximate surface area is 138 Å². The second-order valence-electron chi connectivity index (χ2n) is 4.29. The van der Waals surface area contributed by atoms with Gasteiger partial charge in [0.15, 0.2) is 0 Å². The number of hydrogen-bond acceptors (Lipinski definition) is 4. The number of carboxylic acid groups (broad SMARTS) is 1. The van der Waals surface area contributed by atoms with Gasteiger partial charge in [-0.05, 0) is 37.6 Å². The highest BCUT2D eigenvalue weighted by Gasteiger charge is 2.33. The van der Waals surface area contributed by atoms with Crippen molar-refractivity contribution in [3.8, 4) is 0 Å². The molecule has 1 aromatic carbocycles. The molecule has 0 aliphatic rings. The molecule has 126 valence electrons. The lowest BCUT2D eigenvalue weighted by Gasteiger charge is -2.27. The number of carboxylic acids is 1. The fraction of sp³-hybridized carbons (Fsp3) is 0.417. The van der Waals surface area contributed by atoms with Crippen molar-refractivity contribution < 1.29 is 29.0 Å². The number of hydrogen-bond donors (Lipinski definition) is 4. The highest BCUT2D eigenvalue weighted by atomic mass is 35.7. The van der Waals surface area contributed by atoms with E-state index in [4.69, 9.17) is 35.8 Å². The van der Waals surface area contributed by atoms with E-state index in [1.54, 1.807) is 24.3 Å². The third-order valence-electron chi connectivity index (χ3n) is 2.23. The summed E-state index contributed by atoms with van der Waals surface area (Å²) >= 11 is 9.95. The quantitative estimate of drug-likeness (QED) is 0.446. The maximum atomic E-state index is 11.2. The molecule has 0 saturated heterocycles. The minimum absolute atomic E-state index is 0.378. The lowest BCUT2D eigenvalue weighted by atomic mass is 10.2. The predicted molar refractivity (Wildman–Crippen MR) is 85.3 cm³/mol. The van der Waals surface area contributed by atoms with Crippen molar-refractivity contribution in [2.75, 3.05) is 11.9 Å². The second-order valence-corrected chi connectivity index (χ2v) is 7.00. The van der Waals surface area contributed by atoms with E-state index in [0.717, 1.165) is 6.42 Å². The van der Waals surface area contributed by atoms with Crippen molar-refractivity contribution in [3.05, 3.63) is 29.3 Å². The van der Waals surface area contributed by atoms with E-state index in [9.17, 15) is 4.79 Å². The number of ether oxygens (including phenoxy) is 1. The van der Waals surface area contributed by atoms with E-state index in [2.05, 4.69) is 16.6 Å². The second kappa shape index (κ2) is 9.35. The van der Waals surface area contributed by atoms with Crippen molar-refractivity contribution in [2.24, 2.45) is 0 Å². The number of aliphatic carboxylic acids is 1. The van der Waals surface area contributed by atoms with Gasteiger partial charge in [-0.2, -0.15) is 0 Å². The van der Waals surface area contributed by atoms with Crippen LogP contribution in [0.3, 0.4) is 0 Å². The summed E-state index contributed by atoms with van der Waals surface area (Å²) in [7, 11) is 0. The molecule has 0 aliphatic carbocycles. The van der Waals surface area contributed by atoms with Crippen molar-refractivity contribution >= 4 is 41.4 Å². The summed E-state index contributed by atoms with van der Waals surface area (Å²) in [6.07, 6.45) is 0.755. The fourth-order valence-corrected chi connectivity index (χ4v) is 1.39. The van der Waals surface area contributed by atoms with Crippen LogP contribution in [-0.4, -0.2) is 33.2 Å². The Morgan fingerprint density at radius 3 is 2.18 bits per heavy atom. The Kier molecular flexibility index (Phi) is 9.00. The smallest absolute Gasteiger partial charge is 0.419 e. The van der Waals surface area contributed by atoms with Gasteiger partial charge in [-0.3, -0.25) is 0 Å². The monoisotopic (exact) mass is 373 g/mol. The van der Waals surface area contributed by atoms with Crippen molar-refractivity contribution in [2.45, 2.75) is 26.0 Å². The molecule has 0 aliphatic heterocycles. The number of benzene rings is 1. The Balaban J connectivity index is 0.000000763. The first-order valence-corrected chi connectivity index (χ1v) is 9.03. The van der Waals surface area contributed by atoms with E-state index in [-0.39, 0.29) is 0 Å². The number of nitrogens with one attached hydrogen (secondary N) is 1. The molecule has 0 spiro atoms. The van der Waals surface area contributed by atoms with E-state index in [0.29, 0.717) is 17.3 Å². The summed E-state index contributed by atoms with van der Waals surface area (Å²) in [6, 6.07) is 6.79. The van der Waals surface area contributed by atoms with Crippen molar-refractivity contribution in [3.63, 3.8) is 0 Å². The summed E-state index contributed by atoms with van der Waals surface area (Å²) < 4.78 is 14.4. The molecule has 7 nitrogen and oxygen atoms in total. The van der Waals surface area contributed by atoms with Crippen molar-refractivity contribution in [1.82, 2.24) is 0 Å². The molecule has 0 bridgehead atoms. The minimum atomic E-state index is -4.17. The van der Waals surface area contributed by atoms with Gasteiger partial charge in [0.2, 0.25) is 5.72 Å². The standard InChI is InChI=1S/C12H16ClNO3.ClH2O3P/c1-3-8-17-12(2,11(15)16)14-10-6-4-9(13)5-7-10;1-5(2,3)4/h4-7,14H,3,8H2,1-2H3,(H,15,16);(H2,2,3,4)/t12-;/m1./s1. The van der Waals surface area contributed by atoms with E-state index in [1.165, 1.54) is 6.92 Å². The molecule has 0 fully saturated rings. The van der Waals surface area contributed by atoms with Crippen LogP contribution < -0.4 is 5.32 Å². The van der Waals surface area contributed by atoms with Gasteiger partial charge in [0.25, 0.3) is 0 Å². The lowest BCUT2D eigenvalue weighted by Crippen LogP contribution is -2.46. The van der Waals surface area contributed by atoms with E-state index in [1.807, 2.05) is 6.92 Å². The van der Waals surface area contributed by atoms with Crippen LogP contribution in [0.4, 0.5) is 5.69 Å². The molecule has 0 amide bonds. The lowest BCUT2D eigenvalue weighted by molar-refractivity contribution is -0.159. The predicted octanol–water partition coefficient (Wildman–Crippen LogP) is 3.30. The maximum absolute atomic E-state index is 11.2. The molecule has 1 rings (SSSR count). The summed E-state index contributed by atoms with van der Waals surface area (Å²) in [5, 5.41) is 12.6. The zero-order chi connectivity index (χ0) is 17.4. The van der Waals surface area contributed by atoms with E-state index < -0.39 is 18.6 Å². The molecule has 4 N–H and O–H groups in total. The molecule has 10 heteroatoms. The van der Waals surface area contributed by atoms with Gasteiger partial charge in [-0.1, -0.05) is 18.5 Å². The first kappa shape index (κ1) is 21.2. The topological polar surface area (TPSA) is 116 Å². The van der Waals surface area contributed by atoms with E-state index >= 15 is 0 Å². The zero-order valence-electron chi connectivity index (χ0n) is 12.0. The van der Waals surface area contributed by atoms with Crippen LogP contribution in [0.25, 0.3) is 0 Å². The van der Waals surface area contributed by atoms with Gasteiger partial charge in [0, 0.05) is 28.6 Å². The van der Waals surface area contributed by atoms with Crippen LogP contribution in [0.5, 0.6) is 0 Å². The molecular formula is C12H18Cl2NO6P. The van der Waals surface area contributed by atoms with Crippen LogP contribution in [-0.2, 0) is 14.1 Å². The minimum Gasteiger partial charge on any atom is -0.478 e. The average molecular weight is 374 g/mol. The summed E-state index contributed by atoms with van der Waals surface area (Å²) in [4.78, 5) is 26.0. The van der Waals surface area contributed by atoms with Crippen LogP contribution >= 0.6 is 29.8 Å². The van der Waals surface area contributed by atoms with Crippen LogP contribution in [0.15, 0.2) is 24.3 Å². The van der Waals surface area contributed by atoms with Gasteiger partial charge in [0.1, 0.15) is 0 Å². The highest BCUT2D eigenvalue weighted by Crippen LogP contribution is 2.39. The molecule has 0 aromatic heterocycles. The molecule has 0 heterocycles. The largest absolute Gasteiger partial charge is 0.478 e. The Morgan fingerprint density at radius 2 is 1.82 bits per heavy atom. The molecule has 1 aromatic rings. The van der Waals surface area contributed by atoms with Gasteiger partial charge in [-0.25, -0.2) is 9.36 Å². The molecule has 0 unspecified atom stereocenters. The number of halogens is 2. The average Bonchev–Trinajstić information content (AvgIpc) is 2.37. The van der Waals surface area contributed by atoms with Gasteiger partial charge in [0.05, 0.1) is 0 Å². The Bertz CT molecular complexity index is 513. The normalized spacial score (nSPS) is 13.5. The van der Waals surface area contributed by atoms with Gasteiger partial charge in [-0.15, -0.1) is 0 Å². The Morgan fingerprint density at radius 1 is 1.36 bits per heavy atom. The molecule has 0 saturated carbocycles. The molecular weight excluding hydrogens is 356 g/mol. The number of rotatable bonds is 6. The van der Waals surface area contributed by atoms with Crippen LogP contribution in [0.2, 0.25) is 5.02 Å². The highest BCUT2D eigenvalue weighted by molar-refractivity contribution is 7.79. The maximum Gasteiger partial charge on any atom is 0.419 e.